The van der Waals surface area contributed by atoms with Gasteiger partial charge in [-0.3, -0.25) is 4.79 Å². The summed E-state index contributed by atoms with van der Waals surface area (Å²) in [6.45, 7) is 3.08. The molecule has 4 rings (SSSR count). The number of aromatic nitrogens is 1. The zero-order valence-corrected chi connectivity index (χ0v) is 17.6. The highest BCUT2D eigenvalue weighted by atomic mass is 16.6. The van der Waals surface area contributed by atoms with E-state index in [0.717, 1.165) is 11.1 Å². The summed E-state index contributed by atoms with van der Waals surface area (Å²) in [5, 5.41) is 15.9. The SMILES string of the molecule is CCC(C(=O)O)c1ccc(CC=NOCCn2c3ccccc3c3ccccc32)cc1. The topological polar surface area (TPSA) is 63.8 Å². The molecular formula is C26H26N2O3. The largest absolute Gasteiger partial charge is 0.481 e. The second-order valence-corrected chi connectivity index (χ2v) is 7.55. The molecule has 1 aromatic heterocycles. The quantitative estimate of drug-likeness (QED) is 0.220. The molecule has 3 aromatic carbocycles. The molecule has 0 bridgehead atoms. The summed E-state index contributed by atoms with van der Waals surface area (Å²) in [6.07, 6.45) is 2.96. The van der Waals surface area contributed by atoms with Crippen LogP contribution in [-0.4, -0.2) is 28.5 Å². The van der Waals surface area contributed by atoms with Crippen LogP contribution in [0.15, 0.2) is 78.0 Å². The lowest BCUT2D eigenvalue weighted by Gasteiger charge is -2.10. The number of benzene rings is 3. The maximum atomic E-state index is 11.3. The first-order chi connectivity index (χ1) is 15.2. The molecule has 0 saturated carbocycles. The van der Waals surface area contributed by atoms with Crippen molar-refractivity contribution in [3.63, 3.8) is 0 Å². The fraction of sp³-hybridized carbons (Fsp3) is 0.231. The summed E-state index contributed by atoms with van der Waals surface area (Å²) in [6, 6.07) is 24.5. The minimum Gasteiger partial charge on any atom is -0.481 e. The van der Waals surface area contributed by atoms with Gasteiger partial charge in [-0.25, -0.2) is 0 Å². The highest BCUT2D eigenvalue weighted by Gasteiger charge is 2.16. The minimum atomic E-state index is -0.784. The summed E-state index contributed by atoms with van der Waals surface area (Å²) in [4.78, 5) is 16.8. The Kier molecular flexibility index (Phi) is 6.32. The van der Waals surface area contributed by atoms with E-state index in [1.54, 1.807) is 6.21 Å². The third kappa shape index (κ3) is 4.45. The van der Waals surface area contributed by atoms with Gasteiger partial charge in [0.2, 0.25) is 0 Å². The second-order valence-electron chi connectivity index (χ2n) is 7.55. The van der Waals surface area contributed by atoms with E-state index in [2.05, 4.69) is 58.3 Å². The van der Waals surface area contributed by atoms with Crippen molar-refractivity contribution in [1.82, 2.24) is 4.57 Å². The Morgan fingerprint density at radius 3 is 2.19 bits per heavy atom. The molecule has 0 aliphatic heterocycles. The molecule has 0 saturated heterocycles. The van der Waals surface area contributed by atoms with Gasteiger partial charge in [-0.05, 0) is 29.7 Å². The molecule has 158 valence electrons. The van der Waals surface area contributed by atoms with Crippen molar-refractivity contribution in [2.45, 2.75) is 32.2 Å². The van der Waals surface area contributed by atoms with Gasteiger partial charge < -0.3 is 14.5 Å². The van der Waals surface area contributed by atoms with Gasteiger partial charge in [0, 0.05) is 34.4 Å². The number of fused-ring (bicyclic) bond motifs is 3. The predicted octanol–water partition coefficient (Wildman–Crippen LogP) is 5.62. The van der Waals surface area contributed by atoms with Gasteiger partial charge in [0.25, 0.3) is 0 Å². The van der Waals surface area contributed by atoms with Gasteiger partial charge in [0.15, 0.2) is 0 Å². The summed E-state index contributed by atoms with van der Waals surface area (Å²) < 4.78 is 2.27. The van der Waals surface area contributed by atoms with E-state index in [4.69, 9.17) is 4.84 Å². The van der Waals surface area contributed by atoms with Crippen molar-refractivity contribution < 1.29 is 14.7 Å². The normalized spacial score (nSPS) is 12.5. The Labute approximate surface area is 181 Å². The third-order valence-electron chi connectivity index (χ3n) is 5.65. The Morgan fingerprint density at radius 1 is 1.00 bits per heavy atom. The Balaban J connectivity index is 1.34. The first kappa shape index (κ1) is 20.7. The van der Waals surface area contributed by atoms with Crippen LogP contribution in [0.25, 0.3) is 21.8 Å². The molecule has 1 heterocycles. The molecule has 5 nitrogen and oxygen atoms in total. The van der Waals surface area contributed by atoms with Crippen LogP contribution in [-0.2, 0) is 22.6 Å². The lowest BCUT2D eigenvalue weighted by Crippen LogP contribution is -2.10. The molecule has 1 atom stereocenters. The van der Waals surface area contributed by atoms with E-state index in [-0.39, 0.29) is 0 Å². The van der Waals surface area contributed by atoms with Crippen LogP contribution >= 0.6 is 0 Å². The number of hydrogen-bond acceptors (Lipinski definition) is 3. The smallest absolute Gasteiger partial charge is 0.310 e. The molecule has 0 spiro atoms. The van der Waals surface area contributed by atoms with E-state index in [1.165, 1.54) is 21.8 Å². The number of aliphatic carboxylic acids is 1. The van der Waals surface area contributed by atoms with Gasteiger partial charge in [0.05, 0.1) is 12.5 Å². The molecule has 5 heteroatoms. The first-order valence-electron chi connectivity index (χ1n) is 10.6. The van der Waals surface area contributed by atoms with Crippen LogP contribution in [0.5, 0.6) is 0 Å². The van der Waals surface area contributed by atoms with Gasteiger partial charge in [-0.15, -0.1) is 0 Å². The second kappa shape index (κ2) is 9.47. The number of oxime groups is 1. The Hall–Kier alpha value is -3.60. The van der Waals surface area contributed by atoms with E-state index in [1.807, 2.05) is 31.2 Å². The number of hydrogen-bond donors (Lipinski definition) is 1. The molecule has 0 radical (unpaired) electrons. The molecule has 0 aliphatic carbocycles. The number of nitrogens with zero attached hydrogens (tertiary/aromatic N) is 2. The standard InChI is InChI=1S/C26H26N2O3/c1-2-21(26(29)30)20-13-11-19(12-14-20)15-16-27-31-18-17-28-24-9-5-3-7-22(24)23-8-4-6-10-25(23)28/h3-14,16,21H,2,15,17-18H2,1H3,(H,29,30). The third-order valence-corrected chi connectivity index (χ3v) is 5.65. The number of carboxylic acids is 1. The maximum Gasteiger partial charge on any atom is 0.310 e. The number of rotatable bonds is 9. The van der Waals surface area contributed by atoms with Crippen LogP contribution < -0.4 is 0 Å². The average molecular weight is 415 g/mol. The van der Waals surface area contributed by atoms with Crippen molar-refractivity contribution in [1.29, 1.82) is 0 Å². The fourth-order valence-corrected chi connectivity index (χ4v) is 4.06. The molecule has 0 amide bonds. The van der Waals surface area contributed by atoms with Crippen molar-refractivity contribution in [3.05, 3.63) is 83.9 Å². The first-order valence-corrected chi connectivity index (χ1v) is 10.6. The molecule has 0 fully saturated rings. The van der Waals surface area contributed by atoms with Gasteiger partial charge in [-0.1, -0.05) is 72.7 Å². The fourth-order valence-electron chi connectivity index (χ4n) is 4.06. The highest BCUT2D eigenvalue weighted by Crippen LogP contribution is 2.28. The number of carbonyl (C=O) groups is 1. The highest BCUT2D eigenvalue weighted by molar-refractivity contribution is 6.07. The van der Waals surface area contributed by atoms with Crippen LogP contribution in [0.3, 0.4) is 0 Å². The maximum absolute atomic E-state index is 11.3. The minimum absolute atomic E-state index is 0.452. The Bertz CT molecular complexity index is 1160. The van der Waals surface area contributed by atoms with E-state index in [0.29, 0.717) is 26.0 Å². The molecule has 1 N–H and O–H groups in total. The lowest BCUT2D eigenvalue weighted by atomic mass is 9.95. The van der Waals surface area contributed by atoms with Crippen LogP contribution in [0, 0.1) is 0 Å². The lowest BCUT2D eigenvalue weighted by molar-refractivity contribution is -0.138. The molecule has 1 unspecified atom stereocenters. The van der Waals surface area contributed by atoms with Gasteiger partial charge in [0.1, 0.15) is 6.61 Å². The van der Waals surface area contributed by atoms with Crippen molar-refractivity contribution in [3.8, 4) is 0 Å². The van der Waals surface area contributed by atoms with Crippen LogP contribution in [0.4, 0.5) is 0 Å². The molecule has 0 aliphatic rings. The van der Waals surface area contributed by atoms with Gasteiger partial charge >= 0.3 is 5.97 Å². The van der Waals surface area contributed by atoms with Crippen LogP contribution in [0.1, 0.15) is 30.4 Å². The van der Waals surface area contributed by atoms with Gasteiger partial charge in [-0.2, -0.15) is 0 Å². The summed E-state index contributed by atoms with van der Waals surface area (Å²) >= 11 is 0. The number of carboxylic acid groups (broad SMARTS) is 1. The molecule has 4 aromatic rings. The van der Waals surface area contributed by atoms with E-state index in [9.17, 15) is 9.90 Å². The summed E-state index contributed by atoms with van der Waals surface area (Å²) in [5.41, 5.74) is 4.29. The monoisotopic (exact) mass is 414 g/mol. The van der Waals surface area contributed by atoms with E-state index >= 15 is 0 Å². The summed E-state index contributed by atoms with van der Waals surface area (Å²) in [7, 11) is 0. The molecule has 31 heavy (non-hydrogen) atoms. The zero-order valence-electron chi connectivity index (χ0n) is 17.6. The van der Waals surface area contributed by atoms with Crippen molar-refractivity contribution in [2.75, 3.05) is 6.61 Å². The van der Waals surface area contributed by atoms with Crippen molar-refractivity contribution in [2.24, 2.45) is 5.16 Å². The summed E-state index contributed by atoms with van der Waals surface area (Å²) in [5.74, 6) is -1.24. The Morgan fingerprint density at radius 2 is 1.61 bits per heavy atom. The average Bonchev–Trinajstić information content (AvgIpc) is 3.11. The zero-order chi connectivity index (χ0) is 21.6. The molecular weight excluding hydrogens is 388 g/mol. The van der Waals surface area contributed by atoms with Crippen molar-refractivity contribution >= 4 is 34.0 Å². The number of para-hydroxylation sites is 2. The predicted molar refractivity (Wildman–Crippen MR) is 125 cm³/mol. The van der Waals surface area contributed by atoms with Crippen LogP contribution in [0.2, 0.25) is 0 Å². The van der Waals surface area contributed by atoms with E-state index < -0.39 is 11.9 Å².